The highest BCUT2D eigenvalue weighted by molar-refractivity contribution is 7.79. The Kier molecular flexibility index (Phi) is 12.2. The first kappa shape index (κ1) is 26.9. The number of nitrogens with one attached hydrogen (secondary N) is 1. The fraction of sp³-hybridized carbons (Fsp3) is 0.542. The summed E-state index contributed by atoms with van der Waals surface area (Å²) in [7, 11) is 0. The smallest absolute Gasteiger partial charge is 0.255 e. The maximum absolute atomic E-state index is 12.7. The average Bonchev–Trinajstić information content (AvgIpc) is 2.67. The van der Waals surface area contributed by atoms with Crippen LogP contribution in [0.3, 0.4) is 0 Å². The summed E-state index contributed by atoms with van der Waals surface area (Å²) < 4.78 is 21.5. The molecule has 6 nitrogen and oxygen atoms in total. The predicted octanol–water partition coefficient (Wildman–Crippen LogP) is 4.67. The number of hydrogen-bond donors (Lipinski definition) is 3. The third-order valence-electron chi connectivity index (χ3n) is 5.04. The van der Waals surface area contributed by atoms with E-state index in [1.807, 2.05) is 13.0 Å². The molecule has 1 atom stereocenters. The van der Waals surface area contributed by atoms with Gasteiger partial charge in [-0.05, 0) is 64.5 Å². The van der Waals surface area contributed by atoms with E-state index in [2.05, 4.69) is 32.2 Å². The van der Waals surface area contributed by atoms with Gasteiger partial charge in [0.15, 0.2) is 0 Å². The van der Waals surface area contributed by atoms with Crippen LogP contribution in [0.4, 0.5) is 0 Å². The predicted molar refractivity (Wildman–Crippen MR) is 125 cm³/mol. The molecule has 0 fully saturated rings. The zero-order valence-electron chi connectivity index (χ0n) is 19.1. The molecule has 1 rings (SSSR count). The van der Waals surface area contributed by atoms with Crippen LogP contribution in [0.1, 0.15) is 81.3 Å². The molecule has 0 spiro atoms. The first-order chi connectivity index (χ1) is 14.7. The Morgan fingerprint density at radius 3 is 2.52 bits per heavy atom. The summed E-state index contributed by atoms with van der Waals surface area (Å²) >= 11 is -2.26. The quantitative estimate of drug-likeness (QED) is 0.230. The Balaban J connectivity index is 3.14. The Hall–Kier alpha value is -2.12. The molecule has 0 radical (unpaired) electrons. The summed E-state index contributed by atoms with van der Waals surface area (Å²) in [5.74, 6) is -0.994. The van der Waals surface area contributed by atoms with Gasteiger partial charge in [0.1, 0.15) is 11.5 Å². The Morgan fingerprint density at radius 2 is 1.90 bits per heavy atom. The highest BCUT2D eigenvalue weighted by Gasteiger charge is 2.22. The molecule has 174 valence electrons. The zero-order valence-corrected chi connectivity index (χ0v) is 19.9. The molecule has 0 aliphatic rings. The summed E-state index contributed by atoms with van der Waals surface area (Å²) in [4.78, 5) is 12.7. The number of aryl methyl sites for hydroxylation is 1. The molecule has 7 heteroatoms. The van der Waals surface area contributed by atoms with E-state index in [1.165, 1.54) is 5.57 Å². The van der Waals surface area contributed by atoms with Crippen LogP contribution in [-0.2, 0) is 23.9 Å². The highest BCUT2D eigenvalue weighted by Crippen LogP contribution is 2.35. The number of benzene rings is 1. The van der Waals surface area contributed by atoms with E-state index in [0.29, 0.717) is 24.0 Å². The number of phenols is 2. The fourth-order valence-corrected chi connectivity index (χ4v) is 3.54. The van der Waals surface area contributed by atoms with Gasteiger partial charge in [0.25, 0.3) is 5.91 Å². The lowest BCUT2D eigenvalue weighted by Crippen LogP contribution is -2.28. The van der Waals surface area contributed by atoms with Crippen molar-refractivity contribution in [1.29, 1.82) is 0 Å². The van der Waals surface area contributed by atoms with Crippen molar-refractivity contribution in [3.05, 3.63) is 46.1 Å². The van der Waals surface area contributed by atoms with Crippen molar-refractivity contribution in [3.8, 4) is 11.5 Å². The van der Waals surface area contributed by atoms with Crippen molar-refractivity contribution >= 4 is 17.0 Å². The molecule has 3 N–H and O–H groups in total. The van der Waals surface area contributed by atoms with Crippen molar-refractivity contribution in [2.75, 3.05) is 12.3 Å². The number of amides is 1. The van der Waals surface area contributed by atoms with E-state index in [0.717, 1.165) is 37.7 Å². The fourth-order valence-electron chi connectivity index (χ4n) is 3.27. The van der Waals surface area contributed by atoms with E-state index >= 15 is 0 Å². The Labute approximate surface area is 188 Å². The minimum absolute atomic E-state index is 0.0328. The third kappa shape index (κ3) is 9.70. The lowest BCUT2D eigenvalue weighted by molar-refractivity contribution is 0.0952. The Bertz CT molecular complexity index is 826. The largest absolute Gasteiger partial charge is 0.772 e. The maximum Gasteiger partial charge on any atom is 0.255 e. The minimum Gasteiger partial charge on any atom is -0.772 e. The molecule has 1 aromatic rings. The van der Waals surface area contributed by atoms with Gasteiger partial charge in [0.2, 0.25) is 0 Å². The molecule has 31 heavy (non-hydrogen) atoms. The van der Waals surface area contributed by atoms with Crippen LogP contribution in [-0.4, -0.2) is 37.2 Å². The number of aromatic hydroxyl groups is 2. The topological polar surface area (TPSA) is 110 Å². The highest BCUT2D eigenvalue weighted by atomic mass is 32.2. The van der Waals surface area contributed by atoms with Crippen LogP contribution >= 0.6 is 0 Å². The van der Waals surface area contributed by atoms with Gasteiger partial charge in [-0.1, -0.05) is 54.1 Å². The van der Waals surface area contributed by atoms with E-state index in [4.69, 9.17) is 0 Å². The van der Waals surface area contributed by atoms with Gasteiger partial charge in [0.05, 0.1) is 5.56 Å². The number of hydrogen-bond acceptors (Lipinski definition) is 5. The second-order valence-electron chi connectivity index (χ2n) is 8.05. The summed E-state index contributed by atoms with van der Waals surface area (Å²) in [6, 6.07) is 1.55. The SMILES string of the molecule is CCCCCc1cc(O)c(C/C=C(\C)CCC=C(C)C)c(O)c1C(=O)NCCS(=O)[O-]. The molecule has 0 saturated heterocycles. The molecule has 0 bridgehead atoms. The molecule has 0 saturated carbocycles. The molecule has 1 amide bonds. The van der Waals surface area contributed by atoms with Gasteiger partial charge >= 0.3 is 0 Å². The number of carbonyl (C=O) groups excluding carboxylic acids is 1. The Morgan fingerprint density at radius 1 is 1.19 bits per heavy atom. The minimum atomic E-state index is -2.26. The van der Waals surface area contributed by atoms with Crippen LogP contribution in [0.15, 0.2) is 29.4 Å². The average molecular weight is 451 g/mol. The van der Waals surface area contributed by atoms with Crippen LogP contribution in [0.25, 0.3) is 0 Å². The molecule has 0 heterocycles. The summed E-state index contributed by atoms with van der Waals surface area (Å²) in [5.41, 5.74) is 3.39. The van der Waals surface area contributed by atoms with Crippen molar-refractivity contribution in [2.45, 2.75) is 72.6 Å². The van der Waals surface area contributed by atoms with Gasteiger partial charge in [-0.3, -0.25) is 9.00 Å². The van der Waals surface area contributed by atoms with Gasteiger partial charge < -0.3 is 20.1 Å². The van der Waals surface area contributed by atoms with Crippen molar-refractivity contribution in [2.24, 2.45) is 0 Å². The molecule has 1 unspecified atom stereocenters. The van der Waals surface area contributed by atoms with E-state index < -0.39 is 17.0 Å². The van der Waals surface area contributed by atoms with Gasteiger partial charge in [0, 0.05) is 17.9 Å². The van der Waals surface area contributed by atoms with Gasteiger partial charge in [-0.25, -0.2) is 0 Å². The first-order valence-corrected chi connectivity index (χ1v) is 12.1. The van der Waals surface area contributed by atoms with Crippen LogP contribution in [0.5, 0.6) is 11.5 Å². The van der Waals surface area contributed by atoms with Crippen LogP contribution < -0.4 is 5.32 Å². The summed E-state index contributed by atoms with van der Waals surface area (Å²) in [5, 5.41) is 24.0. The van der Waals surface area contributed by atoms with Crippen molar-refractivity contribution < 1.29 is 23.8 Å². The van der Waals surface area contributed by atoms with E-state index in [9.17, 15) is 23.8 Å². The lowest BCUT2D eigenvalue weighted by atomic mass is 9.94. The van der Waals surface area contributed by atoms with Gasteiger partial charge in [-0.15, -0.1) is 0 Å². The second kappa shape index (κ2) is 14.0. The summed E-state index contributed by atoms with van der Waals surface area (Å²) in [6.45, 7) is 8.14. The number of allylic oxidation sites excluding steroid dienone is 4. The van der Waals surface area contributed by atoms with Crippen LogP contribution in [0.2, 0.25) is 0 Å². The molecule has 0 aliphatic heterocycles. The molecular formula is C24H36NO5S-. The molecule has 0 aromatic heterocycles. The summed E-state index contributed by atoms with van der Waals surface area (Å²) in [6.07, 6.45) is 9.55. The van der Waals surface area contributed by atoms with Crippen LogP contribution in [0, 0.1) is 0 Å². The van der Waals surface area contributed by atoms with Crippen molar-refractivity contribution in [3.63, 3.8) is 0 Å². The first-order valence-electron chi connectivity index (χ1n) is 10.9. The van der Waals surface area contributed by atoms with E-state index in [1.54, 1.807) is 6.07 Å². The van der Waals surface area contributed by atoms with E-state index in [-0.39, 0.29) is 29.4 Å². The third-order valence-corrected chi connectivity index (χ3v) is 5.58. The zero-order chi connectivity index (χ0) is 23.4. The van der Waals surface area contributed by atoms with Gasteiger partial charge in [-0.2, -0.15) is 0 Å². The number of rotatable bonds is 13. The molecule has 1 aromatic carbocycles. The monoisotopic (exact) mass is 450 g/mol. The number of carbonyl (C=O) groups is 1. The number of unbranched alkanes of at least 4 members (excludes halogenated alkanes) is 2. The molecular weight excluding hydrogens is 414 g/mol. The molecule has 0 aliphatic carbocycles. The second-order valence-corrected chi connectivity index (χ2v) is 9.07. The normalized spacial score (nSPS) is 12.5. The number of phenolic OH excluding ortho intramolecular Hbond substituents is 2. The maximum atomic E-state index is 12.7. The van der Waals surface area contributed by atoms with Crippen molar-refractivity contribution in [1.82, 2.24) is 5.32 Å². The lowest BCUT2D eigenvalue weighted by Gasteiger charge is -2.16. The standard InChI is InChI=1S/C24H37NO5S/c1-5-6-7-11-19-16-21(26)20(13-12-18(4)10-8-9-17(2)3)23(27)22(19)24(28)25-14-15-31(29)30/h9,12,16,26-27H,5-8,10-11,13-15H2,1-4H3,(H,25,28)(H,29,30)/p-1/b18-12+.